The number of aromatic nitrogens is 10. The van der Waals surface area contributed by atoms with Gasteiger partial charge in [-0.3, -0.25) is 9.97 Å². The number of nitrogens with zero attached hydrogens (tertiary/aromatic N) is 10. The lowest BCUT2D eigenvalue weighted by Crippen LogP contribution is -2.14. The van der Waals surface area contributed by atoms with E-state index in [1.807, 2.05) is 49.2 Å². The molecular formula is C35H40N12S2. The molecule has 2 N–H and O–H groups in total. The fraction of sp³-hybridized carbons (Fsp3) is 0.429. The van der Waals surface area contributed by atoms with E-state index in [0.29, 0.717) is 24.9 Å². The molecule has 0 atom stereocenters. The second kappa shape index (κ2) is 14.3. The second-order valence-electron chi connectivity index (χ2n) is 12.7. The fourth-order valence-electron chi connectivity index (χ4n) is 5.92. The van der Waals surface area contributed by atoms with Crippen molar-refractivity contribution >= 4 is 35.0 Å². The van der Waals surface area contributed by atoms with Gasteiger partial charge in [0.1, 0.15) is 17.3 Å². The Morgan fingerprint density at radius 1 is 0.714 bits per heavy atom. The molecule has 12 nitrogen and oxygen atoms in total. The number of imidazole rings is 2. The van der Waals surface area contributed by atoms with Gasteiger partial charge in [0.2, 0.25) is 0 Å². The number of anilines is 2. The van der Waals surface area contributed by atoms with E-state index in [-0.39, 0.29) is 0 Å². The Morgan fingerprint density at radius 3 is 2.16 bits per heavy atom. The van der Waals surface area contributed by atoms with Crippen molar-refractivity contribution < 1.29 is 0 Å². The largest absolute Gasteiger partial charge is 0.379 e. The minimum absolute atomic E-state index is 0.445. The topological polar surface area (TPSA) is 137 Å². The summed E-state index contributed by atoms with van der Waals surface area (Å²) in [5.41, 5.74) is 4.95. The molecule has 0 amide bonds. The van der Waals surface area contributed by atoms with E-state index < -0.39 is 0 Å². The van der Waals surface area contributed by atoms with E-state index in [9.17, 15) is 0 Å². The summed E-state index contributed by atoms with van der Waals surface area (Å²) in [4.78, 5) is 38.5. The van der Waals surface area contributed by atoms with Crippen molar-refractivity contribution in [2.24, 2.45) is 0 Å². The number of pyridine rings is 2. The quantitative estimate of drug-likeness (QED) is 0.0598. The standard InChI is InChI=1S/C35H40N12S2/c1-3-15-46-32-27(41-29(43-32)23-5-6-23)20-40-34(46)48-21-49-35-45-31(28-33(47(35)16-4-2)44-30(42-28)24-7-8-24)39-18-25-11-14-37-19-26(25)38-17-22-9-12-36-13-10-22/h9-14,19-20,23-24,38-39H,3-8,15-18,21H2,1-2H3. The zero-order valence-electron chi connectivity index (χ0n) is 27.8. The van der Waals surface area contributed by atoms with Crippen LogP contribution in [0.4, 0.5) is 11.5 Å². The van der Waals surface area contributed by atoms with Gasteiger partial charge < -0.3 is 19.8 Å². The first-order valence-electron chi connectivity index (χ1n) is 17.2. The Balaban J connectivity index is 1.05. The molecule has 0 spiro atoms. The summed E-state index contributed by atoms with van der Waals surface area (Å²) in [7, 11) is 0. The molecule has 2 aliphatic carbocycles. The molecule has 252 valence electrons. The molecular weight excluding hydrogens is 653 g/mol. The summed E-state index contributed by atoms with van der Waals surface area (Å²) in [5.74, 6) is 5.47. The van der Waals surface area contributed by atoms with Gasteiger partial charge in [0.25, 0.3) is 0 Å². The Kier molecular flexibility index (Phi) is 9.31. The maximum atomic E-state index is 5.23. The zero-order chi connectivity index (χ0) is 33.2. The van der Waals surface area contributed by atoms with E-state index in [0.717, 1.165) is 111 Å². The van der Waals surface area contributed by atoms with E-state index in [2.05, 4.69) is 43.6 Å². The lowest BCUT2D eigenvalue weighted by atomic mass is 10.2. The Hall–Kier alpha value is -4.30. The molecule has 0 bridgehead atoms. The molecule has 2 aromatic heterocycles. The monoisotopic (exact) mass is 692 g/mol. The van der Waals surface area contributed by atoms with E-state index in [4.69, 9.17) is 29.9 Å². The van der Waals surface area contributed by atoms with Gasteiger partial charge in [0.05, 0.1) is 23.2 Å². The molecule has 0 aromatic carbocycles. The SMILES string of the molecule is CCCn1c(SCSc2nc(NCc3ccncc3NCc3ccncc3)c3nc(C4CC4)nc-3n2CCC)ncc2nc(C3CC3)nc1-2. The van der Waals surface area contributed by atoms with Crippen LogP contribution in [0.1, 0.15) is 87.0 Å². The minimum atomic E-state index is 0.445. The molecule has 0 unspecified atom stereocenters. The van der Waals surface area contributed by atoms with Crippen LogP contribution in [0.5, 0.6) is 0 Å². The predicted molar refractivity (Wildman–Crippen MR) is 193 cm³/mol. The van der Waals surface area contributed by atoms with Crippen molar-refractivity contribution in [1.82, 2.24) is 49.0 Å². The third-order valence-corrected chi connectivity index (χ3v) is 10.9. The van der Waals surface area contributed by atoms with Crippen molar-refractivity contribution in [2.45, 2.75) is 101 Å². The number of hydrogen-bond acceptors (Lipinski definition) is 12. The van der Waals surface area contributed by atoms with Crippen molar-refractivity contribution in [2.75, 3.05) is 15.7 Å². The van der Waals surface area contributed by atoms with Gasteiger partial charge in [-0.25, -0.2) is 29.9 Å². The van der Waals surface area contributed by atoms with Gasteiger partial charge in [-0.1, -0.05) is 37.4 Å². The number of rotatable bonds is 16. The van der Waals surface area contributed by atoms with Crippen LogP contribution in [-0.2, 0) is 26.2 Å². The molecule has 2 aromatic rings. The van der Waals surface area contributed by atoms with Crippen molar-refractivity contribution in [3.8, 4) is 23.0 Å². The van der Waals surface area contributed by atoms with Gasteiger partial charge in [-0.05, 0) is 67.9 Å². The summed E-state index contributed by atoms with van der Waals surface area (Å²) in [6.07, 6.45) is 15.8. The van der Waals surface area contributed by atoms with Gasteiger partial charge in [0, 0.05) is 56.6 Å². The Labute approximate surface area is 294 Å². The van der Waals surface area contributed by atoms with E-state index in [1.165, 1.54) is 12.8 Å². The van der Waals surface area contributed by atoms with Crippen LogP contribution in [0.25, 0.3) is 23.0 Å². The van der Waals surface area contributed by atoms with Crippen molar-refractivity contribution in [3.63, 3.8) is 0 Å². The molecule has 0 radical (unpaired) electrons. The Bertz CT molecular complexity index is 1970. The van der Waals surface area contributed by atoms with Crippen LogP contribution >= 0.6 is 23.5 Å². The number of hydrogen-bond donors (Lipinski definition) is 2. The van der Waals surface area contributed by atoms with Gasteiger partial charge in [-0.15, -0.1) is 0 Å². The number of thioether (sulfide) groups is 2. The second-order valence-corrected chi connectivity index (χ2v) is 14.9. The maximum Gasteiger partial charge on any atom is 0.172 e. The van der Waals surface area contributed by atoms with Gasteiger partial charge >= 0.3 is 0 Å². The van der Waals surface area contributed by atoms with Crippen LogP contribution in [0, 0.1) is 0 Å². The summed E-state index contributed by atoms with van der Waals surface area (Å²) in [6, 6.07) is 6.07. The molecule has 6 heterocycles. The van der Waals surface area contributed by atoms with Crippen LogP contribution in [-0.4, -0.2) is 54.1 Å². The molecule has 2 fully saturated rings. The third kappa shape index (κ3) is 7.07. The molecule has 6 aliphatic rings. The number of fused-ring (bicyclic) bond motifs is 2. The third-order valence-electron chi connectivity index (χ3n) is 8.79. The van der Waals surface area contributed by atoms with Gasteiger partial charge in [0.15, 0.2) is 33.5 Å². The van der Waals surface area contributed by atoms with Crippen LogP contribution < -0.4 is 10.6 Å². The highest BCUT2D eigenvalue weighted by atomic mass is 32.2. The first kappa shape index (κ1) is 31.9. The zero-order valence-corrected chi connectivity index (χ0v) is 29.5. The molecule has 8 rings (SSSR count). The Morgan fingerprint density at radius 2 is 1.41 bits per heavy atom. The van der Waals surface area contributed by atoms with Crippen molar-refractivity contribution in [1.29, 1.82) is 0 Å². The average Bonchev–Trinajstić information content (AvgIpc) is 4.07. The maximum absolute atomic E-state index is 5.23. The lowest BCUT2D eigenvalue weighted by Gasteiger charge is -2.19. The lowest BCUT2D eigenvalue weighted by molar-refractivity contribution is 0.593. The summed E-state index contributed by atoms with van der Waals surface area (Å²) in [6.45, 7) is 7.31. The summed E-state index contributed by atoms with van der Waals surface area (Å²) >= 11 is 3.44. The van der Waals surface area contributed by atoms with Crippen LogP contribution in [0.2, 0.25) is 0 Å². The normalized spacial score (nSPS) is 14.6. The number of nitrogens with one attached hydrogen (secondary N) is 2. The molecule has 4 aliphatic heterocycles. The highest BCUT2D eigenvalue weighted by molar-refractivity contribution is 8.15. The average molecular weight is 693 g/mol. The smallest absolute Gasteiger partial charge is 0.172 e. The highest BCUT2D eigenvalue weighted by Crippen LogP contribution is 2.43. The van der Waals surface area contributed by atoms with E-state index >= 15 is 0 Å². The minimum Gasteiger partial charge on any atom is -0.379 e. The summed E-state index contributed by atoms with van der Waals surface area (Å²) in [5, 5.41) is 9.80. The molecule has 49 heavy (non-hydrogen) atoms. The van der Waals surface area contributed by atoms with Crippen LogP contribution in [0.3, 0.4) is 0 Å². The predicted octanol–water partition coefficient (Wildman–Crippen LogP) is 7.30. The van der Waals surface area contributed by atoms with E-state index in [1.54, 1.807) is 23.5 Å². The van der Waals surface area contributed by atoms with Crippen molar-refractivity contribution in [3.05, 3.63) is 72.0 Å². The molecule has 14 heteroatoms. The fourth-order valence-corrected chi connectivity index (χ4v) is 7.95. The first-order chi connectivity index (χ1) is 24.2. The molecule has 2 saturated carbocycles. The van der Waals surface area contributed by atoms with Crippen LogP contribution in [0.15, 0.2) is 59.5 Å². The highest BCUT2D eigenvalue weighted by Gasteiger charge is 2.33. The summed E-state index contributed by atoms with van der Waals surface area (Å²) < 4.78 is 4.49. The van der Waals surface area contributed by atoms with Gasteiger partial charge in [-0.2, -0.15) is 0 Å². The molecule has 0 saturated heterocycles. The first-order valence-corrected chi connectivity index (χ1v) is 19.2.